The van der Waals surface area contributed by atoms with Crippen molar-refractivity contribution in [2.75, 3.05) is 0 Å². The molecule has 0 saturated carbocycles. The molecule has 0 spiro atoms. The van der Waals surface area contributed by atoms with Gasteiger partial charge in [-0.3, -0.25) is 0 Å². The SMILES string of the molecule is CCCC[n+]1ccn(C(C)C(=O)O)c1. The van der Waals surface area contributed by atoms with Crippen LogP contribution >= 0.6 is 0 Å². The average molecular weight is 197 g/mol. The topological polar surface area (TPSA) is 46.1 Å². The molecule has 0 aliphatic heterocycles. The predicted molar refractivity (Wildman–Crippen MR) is 51.9 cm³/mol. The van der Waals surface area contributed by atoms with Gasteiger partial charge in [-0.2, -0.15) is 0 Å². The number of hydrogen-bond acceptors (Lipinski definition) is 1. The van der Waals surface area contributed by atoms with Crippen molar-refractivity contribution < 1.29 is 14.5 Å². The van der Waals surface area contributed by atoms with Crippen LogP contribution in [0.25, 0.3) is 0 Å². The molecule has 0 aromatic carbocycles. The Balaban J connectivity index is 2.63. The number of carboxylic acids is 1. The highest BCUT2D eigenvalue weighted by Crippen LogP contribution is 2.02. The van der Waals surface area contributed by atoms with Crippen molar-refractivity contribution in [2.24, 2.45) is 0 Å². The van der Waals surface area contributed by atoms with Crippen LogP contribution in [0.3, 0.4) is 0 Å². The Bertz CT molecular complexity index is 307. The summed E-state index contributed by atoms with van der Waals surface area (Å²) in [5.41, 5.74) is 0. The Morgan fingerprint density at radius 3 is 2.93 bits per heavy atom. The van der Waals surface area contributed by atoms with Crippen LogP contribution in [0.2, 0.25) is 0 Å². The maximum Gasteiger partial charge on any atom is 0.349 e. The standard InChI is InChI=1S/C10H16N2O2/c1-3-4-5-11-6-7-12(8-11)9(2)10(13)14/h6-9H,3-5H2,1-2H3/p+1. The van der Waals surface area contributed by atoms with E-state index in [4.69, 9.17) is 5.11 Å². The molecule has 1 heterocycles. The Kier molecular flexibility index (Phi) is 3.68. The van der Waals surface area contributed by atoms with Crippen molar-refractivity contribution in [1.82, 2.24) is 4.57 Å². The minimum absolute atomic E-state index is 0.488. The third kappa shape index (κ3) is 2.58. The van der Waals surface area contributed by atoms with Gasteiger partial charge in [0.15, 0.2) is 6.04 Å². The number of aryl methyl sites for hydroxylation is 1. The fraction of sp³-hybridized carbons (Fsp3) is 0.600. The molecular formula is C10H17N2O2+. The average Bonchev–Trinajstić information content (AvgIpc) is 2.61. The molecule has 0 fully saturated rings. The molecule has 0 bridgehead atoms. The monoisotopic (exact) mass is 197 g/mol. The minimum atomic E-state index is -0.803. The van der Waals surface area contributed by atoms with Gasteiger partial charge in [0, 0.05) is 0 Å². The van der Waals surface area contributed by atoms with Crippen molar-refractivity contribution >= 4 is 5.97 Å². The normalized spacial score (nSPS) is 12.7. The second kappa shape index (κ2) is 4.79. The van der Waals surface area contributed by atoms with Crippen LogP contribution in [0.4, 0.5) is 0 Å². The molecule has 1 aromatic heterocycles. The van der Waals surface area contributed by atoms with Gasteiger partial charge in [0.2, 0.25) is 6.33 Å². The highest BCUT2D eigenvalue weighted by molar-refractivity contribution is 5.71. The van der Waals surface area contributed by atoms with Crippen molar-refractivity contribution in [2.45, 2.75) is 39.3 Å². The first-order chi connectivity index (χ1) is 6.65. The Morgan fingerprint density at radius 1 is 1.64 bits per heavy atom. The number of unbranched alkanes of at least 4 members (excludes halogenated alkanes) is 1. The zero-order valence-electron chi connectivity index (χ0n) is 8.68. The van der Waals surface area contributed by atoms with Crippen molar-refractivity contribution in [3.8, 4) is 0 Å². The predicted octanol–water partition coefficient (Wildman–Crippen LogP) is 1.22. The number of imidazole rings is 1. The van der Waals surface area contributed by atoms with Gasteiger partial charge >= 0.3 is 5.97 Å². The number of aliphatic carboxylic acids is 1. The van der Waals surface area contributed by atoms with Gasteiger partial charge in [0.1, 0.15) is 12.4 Å². The van der Waals surface area contributed by atoms with E-state index in [2.05, 4.69) is 6.92 Å². The number of nitrogens with zero attached hydrogens (tertiary/aromatic N) is 2. The molecule has 4 heteroatoms. The Labute approximate surface area is 83.8 Å². The molecule has 78 valence electrons. The van der Waals surface area contributed by atoms with E-state index < -0.39 is 12.0 Å². The number of carboxylic acid groups (broad SMARTS) is 1. The van der Waals surface area contributed by atoms with Crippen LogP contribution in [0.1, 0.15) is 32.7 Å². The van der Waals surface area contributed by atoms with Gasteiger partial charge in [-0.15, -0.1) is 0 Å². The Morgan fingerprint density at radius 2 is 2.36 bits per heavy atom. The molecule has 0 saturated heterocycles. The van der Waals surface area contributed by atoms with Gasteiger partial charge in [-0.05, 0) is 13.3 Å². The van der Waals surface area contributed by atoms with Crippen molar-refractivity contribution in [3.63, 3.8) is 0 Å². The molecule has 4 nitrogen and oxygen atoms in total. The quantitative estimate of drug-likeness (QED) is 0.721. The first-order valence-electron chi connectivity index (χ1n) is 4.94. The van der Waals surface area contributed by atoms with E-state index in [1.54, 1.807) is 17.7 Å². The molecule has 14 heavy (non-hydrogen) atoms. The van der Waals surface area contributed by atoms with E-state index in [1.807, 2.05) is 17.1 Å². The Hall–Kier alpha value is -1.32. The first kappa shape index (κ1) is 10.8. The molecule has 1 aromatic rings. The maximum absolute atomic E-state index is 10.7. The molecule has 0 amide bonds. The van der Waals surface area contributed by atoms with Crippen LogP contribution in [-0.4, -0.2) is 15.6 Å². The summed E-state index contributed by atoms with van der Waals surface area (Å²) >= 11 is 0. The van der Waals surface area contributed by atoms with Gasteiger partial charge in [0.05, 0.1) is 6.54 Å². The first-order valence-corrected chi connectivity index (χ1v) is 4.94. The van der Waals surface area contributed by atoms with E-state index in [0.717, 1.165) is 19.4 Å². The van der Waals surface area contributed by atoms with Crippen LogP contribution in [-0.2, 0) is 11.3 Å². The van der Waals surface area contributed by atoms with Crippen LogP contribution in [0.15, 0.2) is 18.7 Å². The van der Waals surface area contributed by atoms with E-state index in [0.29, 0.717) is 0 Å². The molecule has 0 aliphatic carbocycles. The van der Waals surface area contributed by atoms with Gasteiger partial charge < -0.3 is 5.11 Å². The summed E-state index contributed by atoms with van der Waals surface area (Å²) in [6.07, 6.45) is 7.82. The number of hydrogen-bond donors (Lipinski definition) is 1. The fourth-order valence-corrected chi connectivity index (χ4v) is 1.24. The maximum atomic E-state index is 10.7. The van der Waals surface area contributed by atoms with Crippen LogP contribution < -0.4 is 4.57 Å². The lowest BCUT2D eigenvalue weighted by molar-refractivity contribution is -0.696. The molecule has 1 N–H and O–H groups in total. The summed E-state index contributed by atoms with van der Waals surface area (Å²) in [5.74, 6) is -0.803. The second-order valence-corrected chi connectivity index (χ2v) is 3.47. The van der Waals surface area contributed by atoms with E-state index in [-0.39, 0.29) is 0 Å². The van der Waals surface area contributed by atoms with Gasteiger partial charge in [-0.1, -0.05) is 13.3 Å². The van der Waals surface area contributed by atoms with Crippen LogP contribution in [0, 0.1) is 0 Å². The fourth-order valence-electron chi connectivity index (χ4n) is 1.24. The summed E-state index contributed by atoms with van der Waals surface area (Å²) in [6.45, 7) is 4.76. The number of carbonyl (C=O) groups is 1. The molecule has 0 radical (unpaired) electrons. The summed E-state index contributed by atoms with van der Waals surface area (Å²) in [7, 11) is 0. The highest BCUT2D eigenvalue weighted by atomic mass is 16.4. The largest absolute Gasteiger partial charge is 0.478 e. The van der Waals surface area contributed by atoms with E-state index >= 15 is 0 Å². The smallest absolute Gasteiger partial charge is 0.349 e. The third-order valence-electron chi connectivity index (χ3n) is 2.29. The minimum Gasteiger partial charge on any atom is -0.478 e. The summed E-state index contributed by atoms with van der Waals surface area (Å²) < 4.78 is 3.72. The summed E-state index contributed by atoms with van der Waals surface area (Å²) in [4.78, 5) is 10.7. The molecule has 1 unspecified atom stereocenters. The zero-order valence-corrected chi connectivity index (χ0v) is 8.68. The second-order valence-electron chi connectivity index (χ2n) is 3.47. The molecule has 1 atom stereocenters. The molecular weight excluding hydrogens is 180 g/mol. The van der Waals surface area contributed by atoms with Crippen molar-refractivity contribution in [1.29, 1.82) is 0 Å². The van der Waals surface area contributed by atoms with Gasteiger partial charge in [0.25, 0.3) is 0 Å². The molecule has 1 rings (SSSR count). The number of rotatable bonds is 5. The molecule has 0 aliphatic rings. The van der Waals surface area contributed by atoms with E-state index in [1.165, 1.54) is 0 Å². The van der Waals surface area contributed by atoms with E-state index in [9.17, 15) is 4.79 Å². The van der Waals surface area contributed by atoms with Crippen LogP contribution in [0.5, 0.6) is 0 Å². The third-order valence-corrected chi connectivity index (χ3v) is 2.29. The lowest BCUT2D eigenvalue weighted by Gasteiger charge is -1.99. The lowest BCUT2D eigenvalue weighted by atomic mass is 10.3. The highest BCUT2D eigenvalue weighted by Gasteiger charge is 2.18. The summed E-state index contributed by atoms with van der Waals surface area (Å²) in [6, 6.07) is -0.488. The number of aromatic nitrogens is 2. The van der Waals surface area contributed by atoms with Gasteiger partial charge in [-0.25, -0.2) is 13.9 Å². The zero-order chi connectivity index (χ0) is 10.6. The van der Waals surface area contributed by atoms with Crippen molar-refractivity contribution in [3.05, 3.63) is 18.7 Å². The summed E-state index contributed by atoms with van der Waals surface area (Å²) in [5, 5.41) is 8.79. The lowest BCUT2D eigenvalue weighted by Crippen LogP contribution is -2.31.